The van der Waals surface area contributed by atoms with Gasteiger partial charge in [0.15, 0.2) is 5.17 Å². The summed E-state index contributed by atoms with van der Waals surface area (Å²) in [5.74, 6) is 1.12. The number of rotatable bonds is 4. The Bertz CT molecular complexity index is 1060. The summed E-state index contributed by atoms with van der Waals surface area (Å²) in [6.07, 6.45) is 5.18. The summed E-state index contributed by atoms with van der Waals surface area (Å²) in [5.41, 5.74) is 6.17. The van der Waals surface area contributed by atoms with E-state index in [0.29, 0.717) is 6.04 Å². The topological polar surface area (TPSA) is 33.4 Å². The summed E-state index contributed by atoms with van der Waals surface area (Å²) in [4.78, 5) is 12.4. The molecule has 0 saturated carbocycles. The van der Waals surface area contributed by atoms with Crippen LogP contribution < -0.4 is 0 Å². The van der Waals surface area contributed by atoms with Gasteiger partial charge < -0.3 is 9.47 Å². The fourth-order valence-electron chi connectivity index (χ4n) is 4.42. The van der Waals surface area contributed by atoms with Gasteiger partial charge in [0, 0.05) is 35.6 Å². The van der Waals surface area contributed by atoms with Crippen LogP contribution in [0.25, 0.3) is 5.69 Å². The van der Waals surface area contributed by atoms with Crippen LogP contribution in [-0.4, -0.2) is 31.4 Å². The number of nitrogens with zero attached hydrogens (tertiary/aromatic N) is 4. The van der Waals surface area contributed by atoms with E-state index in [1.807, 2.05) is 24.0 Å². The Balaban J connectivity index is 1.63. The predicted octanol–water partition coefficient (Wildman–Crippen LogP) is 5.47. The molecule has 29 heavy (non-hydrogen) atoms. The number of benzene rings is 1. The van der Waals surface area contributed by atoms with Crippen LogP contribution in [0.1, 0.15) is 47.9 Å². The minimum absolute atomic E-state index is 0.0215. The number of aliphatic imine (C=N–C) groups is 1. The highest BCUT2D eigenvalue weighted by atomic mass is 32.2. The van der Waals surface area contributed by atoms with Gasteiger partial charge in [-0.25, -0.2) is 0 Å². The van der Waals surface area contributed by atoms with Crippen molar-refractivity contribution in [3.05, 3.63) is 83.4 Å². The van der Waals surface area contributed by atoms with E-state index >= 15 is 0 Å². The monoisotopic (exact) mass is 402 g/mol. The van der Waals surface area contributed by atoms with Crippen molar-refractivity contribution in [3.8, 4) is 5.69 Å². The second kappa shape index (κ2) is 7.38. The van der Waals surface area contributed by atoms with Crippen molar-refractivity contribution < 1.29 is 0 Å². The number of thioether (sulfide) groups is 1. The fourth-order valence-corrected chi connectivity index (χ4v) is 5.75. The smallest absolute Gasteiger partial charge is 0.160 e. The molecular formula is C24H26N4S. The number of fused-ring (bicyclic) bond motifs is 1. The molecule has 0 radical (unpaired) electrons. The van der Waals surface area contributed by atoms with Crippen LogP contribution in [0.3, 0.4) is 0 Å². The molecule has 2 aliphatic heterocycles. The van der Waals surface area contributed by atoms with Crippen LogP contribution in [0.2, 0.25) is 0 Å². The number of hydrogen-bond donors (Lipinski definition) is 0. The predicted molar refractivity (Wildman–Crippen MR) is 121 cm³/mol. The van der Waals surface area contributed by atoms with Gasteiger partial charge in [-0.15, -0.1) is 0 Å². The Hall–Kier alpha value is -2.53. The maximum Gasteiger partial charge on any atom is 0.160 e. The van der Waals surface area contributed by atoms with Gasteiger partial charge >= 0.3 is 0 Å². The maximum absolute atomic E-state index is 5.15. The first-order chi connectivity index (χ1) is 14.2. The second-order valence-electron chi connectivity index (χ2n) is 7.91. The summed E-state index contributed by atoms with van der Waals surface area (Å²) in [6.45, 7) is 6.62. The van der Waals surface area contributed by atoms with Crippen molar-refractivity contribution in [2.75, 3.05) is 5.75 Å². The van der Waals surface area contributed by atoms with E-state index in [4.69, 9.17) is 4.99 Å². The summed E-state index contributed by atoms with van der Waals surface area (Å²) >= 11 is 1.89. The van der Waals surface area contributed by atoms with E-state index in [-0.39, 0.29) is 12.1 Å². The molecule has 0 N–H and O–H groups in total. The Morgan fingerprint density at radius 1 is 1.07 bits per heavy atom. The van der Waals surface area contributed by atoms with Crippen LogP contribution in [0, 0.1) is 13.8 Å². The molecule has 2 aromatic heterocycles. The molecular weight excluding hydrogens is 376 g/mol. The highest BCUT2D eigenvalue weighted by Crippen LogP contribution is 2.48. The van der Waals surface area contributed by atoms with Crippen molar-refractivity contribution >= 4 is 16.9 Å². The fraction of sp³-hybridized carbons (Fsp3) is 0.333. The Kier molecular flexibility index (Phi) is 4.70. The lowest BCUT2D eigenvalue weighted by Crippen LogP contribution is -2.36. The zero-order valence-electron chi connectivity index (χ0n) is 17.1. The molecule has 0 bridgehead atoms. The van der Waals surface area contributed by atoms with Crippen molar-refractivity contribution in [1.82, 2.24) is 14.5 Å². The van der Waals surface area contributed by atoms with Crippen molar-refractivity contribution in [2.45, 2.75) is 45.3 Å². The van der Waals surface area contributed by atoms with Crippen LogP contribution >= 0.6 is 11.8 Å². The first-order valence-electron chi connectivity index (χ1n) is 10.3. The van der Waals surface area contributed by atoms with Gasteiger partial charge in [0.2, 0.25) is 0 Å². The first-order valence-corrected chi connectivity index (χ1v) is 11.3. The molecule has 1 fully saturated rings. The number of pyridine rings is 1. The van der Waals surface area contributed by atoms with Crippen molar-refractivity contribution in [3.63, 3.8) is 0 Å². The van der Waals surface area contributed by atoms with Crippen LogP contribution in [-0.2, 0) is 0 Å². The summed E-state index contributed by atoms with van der Waals surface area (Å²) in [5, 5.41) is 1.17. The molecule has 0 aliphatic carbocycles. The number of aromatic nitrogens is 2. The average molecular weight is 403 g/mol. The minimum atomic E-state index is 0.0215. The standard InChI is InChI=1S/C24H26N4S/c1-4-18-15-29-24-26-22(20-8-5-6-12-25-20)23(28(18)24)21-9-7-13-27(21)19-11-10-16(2)17(3)14-19/h5-14,18,22-23H,4,15H2,1-3H3/t18-,22-,23+/m1/s1. The lowest BCUT2D eigenvalue weighted by molar-refractivity contribution is 0.249. The van der Waals surface area contributed by atoms with E-state index in [1.54, 1.807) is 0 Å². The number of hydrogen-bond acceptors (Lipinski definition) is 4. The third-order valence-electron chi connectivity index (χ3n) is 6.18. The second-order valence-corrected chi connectivity index (χ2v) is 8.90. The molecule has 3 atom stereocenters. The molecule has 148 valence electrons. The molecule has 3 aromatic rings. The molecule has 0 unspecified atom stereocenters. The van der Waals surface area contributed by atoms with E-state index in [0.717, 1.165) is 17.9 Å². The largest absolute Gasteiger partial charge is 0.337 e. The van der Waals surface area contributed by atoms with Gasteiger partial charge in [0.05, 0.1) is 5.69 Å². The quantitative estimate of drug-likeness (QED) is 0.580. The van der Waals surface area contributed by atoms with Gasteiger partial charge in [-0.1, -0.05) is 30.8 Å². The van der Waals surface area contributed by atoms with E-state index in [2.05, 4.69) is 83.9 Å². The Morgan fingerprint density at radius 3 is 2.72 bits per heavy atom. The molecule has 0 spiro atoms. The molecule has 5 heteroatoms. The lowest BCUT2D eigenvalue weighted by atomic mass is 9.99. The molecule has 4 nitrogen and oxygen atoms in total. The average Bonchev–Trinajstić information content (AvgIpc) is 3.45. The van der Waals surface area contributed by atoms with Gasteiger partial charge in [0.25, 0.3) is 0 Å². The van der Waals surface area contributed by atoms with E-state index in [9.17, 15) is 0 Å². The Labute approximate surface area is 176 Å². The van der Waals surface area contributed by atoms with Gasteiger partial charge in [0.1, 0.15) is 12.1 Å². The third kappa shape index (κ3) is 3.08. The van der Waals surface area contributed by atoms with Crippen LogP contribution in [0.4, 0.5) is 0 Å². The maximum atomic E-state index is 5.15. The number of aryl methyl sites for hydroxylation is 2. The van der Waals surface area contributed by atoms with E-state index in [1.165, 1.54) is 27.7 Å². The van der Waals surface area contributed by atoms with Gasteiger partial charge in [-0.2, -0.15) is 0 Å². The third-order valence-corrected chi connectivity index (χ3v) is 7.31. The normalized spacial score (nSPS) is 23.3. The van der Waals surface area contributed by atoms with Crippen LogP contribution in [0.5, 0.6) is 0 Å². The summed E-state index contributed by atoms with van der Waals surface area (Å²) in [6, 6.07) is 18.0. The highest BCUT2D eigenvalue weighted by molar-refractivity contribution is 8.14. The van der Waals surface area contributed by atoms with E-state index < -0.39 is 0 Å². The first kappa shape index (κ1) is 18.5. The van der Waals surface area contributed by atoms with Gasteiger partial charge in [-0.05, 0) is 67.8 Å². The molecule has 1 aromatic carbocycles. The van der Waals surface area contributed by atoms with Crippen LogP contribution in [0.15, 0.2) is 65.9 Å². The van der Waals surface area contributed by atoms with Crippen molar-refractivity contribution in [1.29, 1.82) is 0 Å². The molecule has 1 saturated heterocycles. The zero-order valence-corrected chi connectivity index (χ0v) is 17.9. The zero-order chi connectivity index (χ0) is 20.0. The lowest BCUT2D eigenvalue weighted by Gasteiger charge is -2.32. The van der Waals surface area contributed by atoms with Gasteiger partial charge in [-0.3, -0.25) is 9.98 Å². The number of amidine groups is 1. The van der Waals surface area contributed by atoms with Crippen molar-refractivity contribution in [2.24, 2.45) is 4.99 Å². The molecule has 5 rings (SSSR count). The summed E-state index contributed by atoms with van der Waals surface area (Å²) in [7, 11) is 0. The molecule has 0 amide bonds. The SMILES string of the molecule is CC[C@@H]1CSC2=N[C@H](c3ccccn3)[C@H](c3cccn3-c3ccc(C)c(C)c3)N21. The molecule has 2 aliphatic rings. The molecule has 4 heterocycles. The summed E-state index contributed by atoms with van der Waals surface area (Å²) < 4.78 is 2.33. The minimum Gasteiger partial charge on any atom is -0.337 e. The highest BCUT2D eigenvalue weighted by Gasteiger charge is 2.46. The Morgan fingerprint density at radius 2 is 1.97 bits per heavy atom.